The highest BCUT2D eigenvalue weighted by Gasteiger charge is 1.96. The highest BCUT2D eigenvalue weighted by molar-refractivity contribution is 4.52. The summed E-state index contributed by atoms with van der Waals surface area (Å²) in [6.07, 6.45) is 38.1. The minimum atomic E-state index is 0.873. The Morgan fingerprint density at radius 1 is 0.276 bits per heavy atom. The van der Waals surface area contributed by atoms with Gasteiger partial charge in [-0.1, -0.05) is 174 Å². The summed E-state index contributed by atoms with van der Waals surface area (Å²) in [7, 11) is 0. The van der Waals surface area contributed by atoms with Crippen molar-refractivity contribution in [3.05, 3.63) is 13.8 Å². The van der Waals surface area contributed by atoms with Crippen LogP contribution in [0.1, 0.15) is 173 Å². The fraction of sp³-hybridized carbons (Fsp3) is 0.931. The van der Waals surface area contributed by atoms with Gasteiger partial charge in [-0.05, 0) is 13.3 Å². The van der Waals surface area contributed by atoms with Crippen LogP contribution in [-0.2, 0) is 0 Å². The van der Waals surface area contributed by atoms with Crippen LogP contribution in [0.5, 0.6) is 0 Å². The van der Waals surface area contributed by atoms with Gasteiger partial charge in [-0.2, -0.15) is 0 Å². The van der Waals surface area contributed by atoms with Gasteiger partial charge in [0.2, 0.25) is 0 Å². The third-order valence-corrected chi connectivity index (χ3v) is 6.45. The van der Waals surface area contributed by atoms with E-state index in [0.717, 1.165) is 12.8 Å². The van der Waals surface area contributed by atoms with Crippen molar-refractivity contribution in [3.63, 3.8) is 0 Å². The van der Waals surface area contributed by atoms with Gasteiger partial charge >= 0.3 is 0 Å². The zero-order valence-corrected chi connectivity index (χ0v) is 20.4. The van der Waals surface area contributed by atoms with E-state index in [-0.39, 0.29) is 0 Å². The molecule has 0 aliphatic rings. The van der Waals surface area contributed by atoms with Crippen LogP contribution in [0.4, 0.5) is 0 Å². The fourth-order valence-electron chi connectivity index (χ4n) is 4.39. The van der Waals surface area contributed by atoms with E-state index in [0.29, 0.717) is 0 Å². The van der Waals surface area contributed by atoms with Crippen molar-refractivity contribution < 1.29 is 0 Å². The first kappa shape index (κ1) is 29.0. The molecule has 0 saturated carbocycles. The van der Waals surface area contributed by atoms with E-state index >= 15 is 0 Å². The van der Waals surface area contributed by atoms with E-state index in [1.54, 1.807) is 0 Å². The molecule has 0 aliphatic carbocycles. The fourth-order valence-corrected chi connectivity index (χ4v) is 4.39. The van der Waals surface area contributed by atoms with E-state index in [9.17, 15) is 0 Å². The van der Waals surface area contributed by atoms with Gasteiger partial charge < -0.3 is 0 Å². The van der Waals surface area contributed by atoms with Crippen molar-refractivity contribution in [2.24, 2.45) is 0 Å². The quantitative estimate of drug-likeness (QED) is 0.125. The lowest BCUT2D eigenvalue weighted by atomic mass is 10.0. The first-order valence-electron chi connectivity index (χ1n) is 13.9. The summed E-state index contributed by atoms with van der Waals surface area (Å²) >= 11 is 0. The highest BCUT2D eigenvalue weighted by atomic mass is 14.0. The van der Waals surface area contributed by atoms with Gasteiger partial charge in [0.05, 0.1) is 0 Å². The number of rotatable bonds is 26. The highest BCUT2D eigenvalue weighted by Crippen LogP contribution is 2.15. The summed E-state index contributed by atoms with van der Waals surface area (Å²) in [4.78, 5) is 0. The van der Waals surface area contributed by atoms with Crippen molar-refractivity contribution in [1.29, 1.82) is 0 Å². The molecule has 0 atom stereocenters. The van der Waals surface area contributed by atoms with Crippen LogP contribution in [0.2, 0.25) is 0 Å². The second-order valence-corrected chi connectivity index (χ2v) is 9.48. The third-order valence-electron chi connectivity index (χ3n) is 6.45. The van der Waals surface area contributed by atoms with Gasteiger partial charge in [0.1, 0.15) is 0 Å². The normalized spacial score (nSPS) is 11.4. The Balaban J connectivity index is 2.97. The Bertz CT molecular complexity index is 231. The van der Waals surface area contributed by atoms with Gasteiger partial charge in [-0.3, -0.25) is 0 Å². The van der Waals surface area contributed by atoms with Gasteiger partial charge in [-0.25, -0.2) is 0 Å². The Morgan fingerprint density at radius 3 is 0.621 bits per heavy atom. The molecule has 0 N–H and O–H groups in total. The smallest absolute Gasteiger partial charge is 0.0352 e. The molecule has 0 amide bonds. The lowest BCUT2D eigenvalue weighted by Crippen LogP contribution is -1.84. The molecule has 0 aromatic rings. The summed E-state index contributed by atoms with van der Waals surface area (Å²) in [5, 5.41) is 0. The molecule has 0 aliphatic heterocycles. The number of hydrogen-bond acceptors (Lipinski definition) is 0. The van der Waals surface area contributed by atoms with Crippen LogP contribution in [0, 0.1) is 13.8 Å². The summed E-state index contributed by atoms with van der Waals surface area (Å²) < 4.78 is 0. The third kappa shape index (κ3) is 28.0. The minimum absolute atomic E-state index is 0.873. The predicted octanol–water partition coefficient (Wildman–Crippen LogP) is 11.1. The molecule has 0 fully saturated rings. The average molecular weight is 406 g/mol. The molecule has 0 saturated heterocycles. The maximum absolute atomic E-state index is 5.53. The minimum Gasteiger partial charge on any atom is -0.0533 e. The molecule has 0 bridgehead atoms. The molecule has 0 nitrogen and oxygen atoms in total. The molecule has 0 unspecified atom stereocenters. The molecule has 29 heavy (non-hydrogen) atoms. The molecule has 0 aromatic carbocycles. The number of hydrogen-bond donors (Lipinski definition) is 0. The SMILES string of the molecule is [CH]CCCCCCCCCCCCCCCCCCCCCCCCCCC[CH2]. The topological polar surface area (TPSA) is 0 Å². The lowest BCUT2D eigenvalue weighted by Gasteiger charge is -2.04. The molecule has 0 spiro atoms. The molecule has 0 heteroatoms. The largest absolute Gasteiger partial charge is 0.0533 e. The Morgan fingerprint density at radius 2 is 0.448 bits per heavy atom. The monoisotopic (exact) mass is 405 g/mol. The van der Waals surface area contributed by atoms with Crippen LogP contribution < -0.4 is 0 Å². The zero-order valence-electron chi connectivity index (χ0n) is 20.4. The first-order chi connectivity index (χ1) is 14.4. The zero-order chi connectivity index (χ0) is 21.1. The Kier molecular flexibility index (Phi) is 28.0. The van der Waals surface area contributed by atoms with Crippen LogP contribution in [0.25, 0.3) is 0 Å². The van der Waals surface area contributed by atoms with Crippen molar-refractivity contribution in [3.8, 4) is 0 Å². The molecule has 3 radical (unpaired) electrons. The molecule has 0 heterocycles. The van der Waals surface area contributed by atoms with Crippen molar-refractivity contribution in [2.75, 3.05) is 0 Å². The van der Waals surface area contributed by atoms with Gasteiger partial charge in [-0.15, -0.1) is 0 Å². The van der Waals surface area contributed by atoms with Crippen LogP contribution in [0.3, 0.4) is 0 Å². The van der Waals surface area contributed by atoms with Crippen molar-refractivity contribution in [2.45, 2.75) is 173 Å². The van der Waals surface area contributed by atoms with E-state index < -0.39 is 0 Å². The second kappa shape index (κ2) is 28.0. The number of unbranched alkanes of at least 4 members (excludes halogenated alkanes) is 26. The Labute approximate surface area is 187 Å². The maximum Gasteiger partial charge on any atom is -0.0352 e. The maximum atomic E-state index is 5.53. The summed E-state index contributed by atoms with van der Waals surface area (Å²) in [6.45, 7) is 9.44. The van der Waals surface area contributed by atoms with Crippen LogP contribution in [-0.4, -0.2) is 0 Å². The van der Waals surface area contributed by atoms with Crippen LogP contribution in [0.15, 0.2) is 0 Å². The summed E-state index contributed by atoms with van der Waals surface area (Å²) in [5.41, 5.74) is 0. The second-order valence-electron chi connectivity index (χ2n) is 9.48. The summed E-state index contributed by atoms with van der Waals surface area (Å²) in [5.74, 6) is 0. The lowest BCUT2D eigenvalue weighted by molar-refractivity contribution is 0.516. The van der Waals surface area contributed by atoms with Gasteiger partial charge in [0.15, 0.2) is 0 Å². The van der Waals surface area contributed by atoms with E-state index in [1.807, 2.05) is 0 Å². The van der Waals surface area contributed by atoms with E-state index in [2.05, 4.69) is 6.92 Å². The molecule has 173 valence electrons. The molecule has 0 rings (SSSR count). The van der Waals surface area contributed by atoms with Crippen molar-refractivity contribution >= 4 is 0 Å². The van der Waals surface area contributed by atoms with Gasteiger partial charge in [0.25, 0.3) is 0 Å². The van der Waals surface area contributed by atoms with Crippen LogP contribution >= 0.6 is 0 Å². The predicted molar refractivity (Wildman–Crippen MR) is 134 cm³/mol. The van der Waals surface area contributed by atoms with E-state index in [4.69, 9.17) is 6.92 Å². The molecular formula is C29H57. The van der Waals surface area contributed by atoms with Crippen molar-refractivity contribution in [1.82, 2.24) is 0 Å². The van der Waals surface area contributed by atoms with Gasteiger partial charge in [0, 0.05) is 0 Å². The first-order valence-corrected chi connectivity index (χ1v) is 13.9. The molecular weight excluding hydrogens is 348 g/mol. The average Bonchev–Trinajstić information content (AvgIpc) is 2.74. The molecule has 0 aromatic heterocycles. The standard InChI is InChI=1S/C29H57/c1-3-5-7-9-11-13-15-17-19-21-23-25-27-29-28-26-24-22-20-18-16-14-12-10-8-6-4-2/h1H,2-29H2. The Hall–Kier alpha value is 0. The summed E-state index contributed by atoms with van der Waals surface area (Å²) in [6, 6.07) is 0. The van der Waals surface area contributed by atoms with E-state index in [1.165, 1.54) is 161 Å².